The van der Waals surface area contributed by atoms with Crippen LogP contribution in [-0.2, 0) is 6.54 Å². The molecule has 3 rings (SSSR count). The van der Waals surface area contributed by atoms with Gasteiger partial charge in [0.2, 0.25) is 0 Å². The minimum absolute atomic E-state index is 0.141. The fourth-order valence-corrected chi connectivity index (χ4v) is 2.70. The van der Waals surface area contributed by atoms with Crippen molar-refractivity contribution in [2.24, 2.45) is 0 Å². The summed E-state index contributed by atoms with van der Waals surface area (Å²) in [5.41, 5.74) is 0.738. The van der Waals surface area contributed by atoms with Crippen LogP contribution in [0, 0.1) is 5.82 Å². The third-order valence-corrected chi connectivity index (χ3v) is 3.97. The molecule has 1 aromatic heterocycles. The van der Waals surface area contributed by atoms with E-state index in [0.717, 1.165) is 37.9 Å². The first kappa shape index (κ1) is 15.4. The van der Waals surface area contributed by atoms with Crippen LogP contribution in [-0.4, -0.2) is 33.7 Å². The first-order valence-corrected chi connectivity index (χ1v) is 7.75. The Morgan fingerprint density at radius 2 is 1.74 bits per heavy atom. The number of carbonyl (C=O) groups is 1. The highest BCUT2D eigenvalue weighted by atomic mass is 19.1. The Balaban J connectivity index is 1.82. The van der Waals surface area contributed by atoms with Crippen molar-refractivity contribution in [3.63, 3.8) is 0 Å². The molecular weight excluding hydrogens is 297 g/mol. The van der Waals surface area contributed by atoms with Gasteiger partial charge in [-0.15, -0.1) is 0 Å². The Labute approximate surface area is 133 Å². The molecule has 0 saturated carbocycles. The number of nitrogens with zero attached hydrogens (tertiary/aromatic N) is 3. The van der Waals surface area contributed by atoms with Gasteiger partial charge in [0.25, 0.3) is 11.5 Å². The highest BCUT2D eigenvalue weighted by Gasteiger charge is 2.20. The van der Waals surface area contributed by atoms with Crippen molar-refractivity contribution in [2.45, 2.75) is 25.8 Å². The molecule has 120 valence electrons. The van der Waals surface area contributed by atoms with E-state index in [1.807, 2.05) is 0 Å². The Kier molecular flexibility index (Phi) is 4.50. The van der Waals surface area contributed by atoms with Crippen LogP contribution in [0.2, 0.25) is 0 Å². The fraction of sp³-hybridized carbons (Fsp3) is 0.353. The molecule has 2 aromatic rings. The summed E-state index contributed by atoms with van der Waals surface area (Å²) >= 11 is 0. The second-order valence-electron chi connectivity index (χ2n) is 5.69. The zero-order valence-corrected chi connectivity index (χ0v) is 12.7. The second kappa shape index (κ2) is 6.73. The summed E-state index contributed by atoms with van der Waals surface area (Å²) in [5.74, 6) is -0.472. The van der Waals surface area contributed by atoms with E-state index < -0.39 is 0 Å². The van der Waals surface area contributed by atoms with Crippen LogP contribution in [0.25, 0.3) is 0 Å². The monoisotopic (exact) mass is 315 g/mol. The van der Waals surface area contributed by atoms with Gasteiger partial charge in [-0.05, 0) is 43.0 Å². The number of hydrogen-bond donors (Lipinski definition) is 0. The quantitative estimate of drug-likeness (QED) is 0.871. The molecule has 1 fully saturated rings. The number of amides is 1. The number of carbonyl (C=O) groups excluding carboxylic acids is 1. The first-order valence-electron chi connectivity index (χ1n) is 7.75. The van der Waals surface area contributed by atoms with E-state index in [1.165, 1.54) is 28.9 Å². The van der Waals surface area contributed by atoms with Gasteiger partial charge >= 0.3 is 0 Å². The fourth-order valence-electron chi connectivity index (χ4n) is 2.70. The van der Waals surface area contributed by atoms with Crippen molar-refractivity contribution in [2.75, 3.05) is 13.1 Å². The van der Waals surface area contributed by atoms with Gasteiger partial charge in [0.1, 0.15) is 11.5 Å². The van der Waals surface area contributed by atoms with Gasteiger partial charge in [0, 0.05) is 19.2 Å². The molecule has 23 heavy (non-hydrogen) atoms. The molecule has 1 aliphatic heterocycles. The third kappa shape index (κ3) is 3.64. The van der Waals surface area contributed by atoms with Gasteiger partial charge in [-0.1, -0.05) is 12.1 Å². The molecule has 0 N–H and O–H groups in total. The number of likely N-dealkylation sites (tertiary alicyclic amines) is 1. The number of piperidine rings is 1. The lowest BCUT2D eigenvalue weighted by Gasteiger charge is -2.26. The van der Waals surface area contributed by atoms with Gasteiger partial charge in [-0.25, -0.2) is 9.07 Å². The molecule has 0 spiro atoms. The molecule has 6 heteroatoms. The lowest BCUT2D eigenvalue weighted by Crippen LogP contribution is -2.37. The van der Waals surface area contributed by atoms with Gasteiger partial charge in [-0.2, -0.15) is 5.10 Å². The summed E-state index contributed by atoms with van der Waals surface area (Å²) in [6.45, 7) is 1.68. The molecule has 1 saturated heterocycles. The topological polar surface area (TPSA) is 55.2 Å². The van der Waals surface area contributed by atoms with Crippen LogP contribution in [0.4, 0.5) is 4.39 Å². The van der Waals surface area contributed by atoms with Gasteiger partial charge in [-0.3, -0.25) is 9.59 Å². The van der Waals surface area contributed by atoms with Crippen molar-refractivity contribution in [1.82, 2.24) is 14.7 Å². The number of hydrogen-bond acceptors (Lipinski definition) is 3. The third-order valence-electron chi connectivity index (χ3n) is 3.97. The van der Waals surface area contributed by atoms with Crippen LogP contribution in [0.5, 0.6) is 0 Å². The van der Waals surface area contributed by atoms with Crippen molar-refractivity contribution in [3.8, 4) is 0 Å². The van der Waals surface area contributed by atoms with E-state index in [4.69, 9.17) is 0 Å². The zero-order chi connectivity index (χ0) is 16.2. The van der Waals surface area contributed by atoms with Gasteiger partial charge in [0.05, 0.1) is 6.54 Å². The lowest BCUT2D eigenvalue weighted by atomic mass is 10.1. The van der Waals surface area contributed by atoms with Crippen LogP contribution in [0.3, 0.4) is 0 Å². The molecule has 1 amide bonds. The predicted molar refractivity (Wildman–Crippen MR) is 83.8 cm³/mol. The molecule has 1 aromatic carbocycles. The first-order chi connectivity index (χ1) is 11.1. The van der Waals surface area contributed by atoms with Crippen LogP contribution >= 0.6 is 0 Å². The Hall–Kier alpha value is -2.50. The zero-order valence-electron chi connectivity index (χ0n) is 12.7. The largest absolute Gasteiger partial charge is 0.337 e. The molecule has 0 radical (unpaired) electrons. The van der Waals surface area contributed by atoms with Crippen molar-refractivity contribution >= 4 is 5.91 Å². The van der Waals surface area contributed by atoms with Crippen LogP contribution in [0.15, 0.2) is 41.2 Å². The molecule has 2 heterocycles. The molecule has 0 bridgehead atoms. The van der Waals surface area contributed by atoms with E-state index in [0.29, 0.717) is 0 Å². The summed E-state index contributed by atoms with van der Waals surface area (Å²) in [5, 5.41) is 4.18. The molecule has 0 unspecified atom stereocenters. The number of halogens is 1. The minimum Gasteiger partial charge on any atom is -0.337 e. The predicted octanol–water partition coefficient (Wildman–Crippen LogP) is 2.06. The maximum atomic E-state index is 12.9. The Bertz CT molecular complexity index is 749. The van der Waals surface area contributed by atoms with E-state index >= 15 is 0 Å². The average molecular weight is 315 g/mol. The van der Waals surface area contributed by atoms with E-state index in [1.54, 1.807) is 17.0 Å². The second-order valence-corrected chi connectivity index (χ2v) is 5.69. The van der Waals surface area contributed by atoms with E-state index in [9.17, 15) is 14.0 Å². The minimum atomic E-state index is -0.330. The van der Waals surface area contributed by atoms with E-state index in [-0.39, 0.29) is 29.5 Å². The number of benzene rings is 1. The van der Waals surface area contributed by atoms with Crippen molar-refractivity contribution in [1.29, 1.82) is 0 Å². The Morgan fingerprint density at radius 1 is 1.04 bits per heavy atom. The molecule has 0 aliphatic carbocycles. The normalized spacial score (nSPS) is 14.7. The standard InChI is InChI=1S/C17H18FN3O2/c18-14-6-4-13(5-7-14)12-21-16(22)9-8-15(19-21)17(23)20-10-2-1-3-11-20/h4-9H,1-3,10-12H2. The molecular formula is C17H18FN3O2. The molecule has 1 aliphatic rings. The highest BCUT2D eigenvalue weighted by Crippen LogP contribution is 2.11. The lowest BCUT2D eigenvalue weighted by molar-refractivity contribution is 0.0715. The Morgan fingerprint density at radius 3 is 2.43 bits per heavy atom. The van der Waals surface area contributed by atoms with E-state index in [2.05, 4.69) is 5.10 Å². The van der Waals surface area contributed by atoms with Crippen LogP contribution < -0.4 is 5.56 Å². The summed E-state index contributed by atoms with van der Waals surface area (Å²) < 4.78 is 14.2. The number of rotatable bonds is 3. The summed E-state index contributed by atoms with van der Waals surface area (Å²) in [4.78, 5) is 26.2. The van der Waals surface area contributed by atoms with Crippen molar-refractivity contribution in [3.05, 3.63) is 63.8 Å². The molecule has 0 atom stereocenters. The molecule has 5 nitrogen and oxygen atoms in total. The average Bonchev–Trinajstić information content (AvgIpc) is 2.59. The summed E-state index contributed by atoms with van der Waals surface area (Å²) in [6, 6.07) is 8.70. The maximum absolute atomic E-state index is 12.9. The van der Waals surface area contributed by atoms with Crippen molar-refractivity contribution < 1.29 is 9.18 Å². The van der Waals surface area contributed by atoms with Crippen LogP contribution in [0.1, 0.15) is 35.3 Å². The van der Waals surface area contributed by atoms with Gasteiger partial charge < -0.3 is 4.90 Å². The highest BCUT2D eigenvalue weighted by molar-refractivity contribution is 5.92. The smallest absolute Gasteiger partial charge is 0.274 e. The number of aromatic nitrogens is 2. The summed E-state index contributed by atoms with van der Waals surface area (Å²) in [7, 11) is 0. The maximum Gasteiger partial charge on any atom is 0.274 e. The SMILES string of the molecule is O=C(c1ccc(=O)n(Cc2ccc(F)cc2)n1)N1CCCCC1. The van der Waals surface area contributed by atoms with Gasteiger partial charge in [0.15, 0.2) is 0 Å². The summed E-state index contributed by atoms with van der Waals surface area (Å²) in [6.07, 6.45) is 3.14.